The topological polar surface area (TPSA) is 47.6 Å². The second kappa shape index (κ2) is 5.76. The van der Waals surface area contributed by atoms with Crippen molar-refractivity contribution in [2.24, 2.45) is 0 Å². The summed E-state index contributed by atoms with van der Waals surface area (Å²) >= 11 is 0. The number of carbonyl (C=O) groups is 1. The molecule has 4 nitrogen and oxygen atoms in total. The Bertz CT molecular complexity index is 415. The van der Waals surface area contributed by atoms with Gasteiger partial charge in [-0.2, -0.15) is 0 Å². The number of benzene rings is 1. The predicted octanol–water partition coefficient (Wildman–Crippen LogP) is 2.13. The van der Waals surface area contributed by atoms with Crippen molar-refractivity contribution in [2.45, 2.75) is 38.3 Å². The quantitative estimate of drug-likeness (QED) is 0.840. The Kier molecular flexibility index (Phi) is 4.07. The Morgan fingerprint density at radius 3 is 2.61 bits per heavy atom. The van der Waals surface area contributed by atoms with Gasteiger partial charge in [0.05, 0.1) is 7.11 Å². The fourth-order valence-corrected chi connectivity index (χ4v) is 1.71. The Hall–Kier alpha value is -1.71. The van der Waals surface area contributed by atoms with E-state index in [-0.39, 0.29) is 5.91 Å². The van der Waals surface area contributed by atoms with Crippen LogP contribution in [0.25, 0.3) is 0 Å². The van der Waals surface area contributed by atoms with E-state index in [9.17, 15) is 4.79 Å². The van der Waals surface area contributed by atoms with Crippen LogP contribution in [0.5, 0.6) is 11.5 Å². The van der Waals surface area contributed by atoms with E-state index in [0.717, 1.165) is 12.8 Å². The van der Waals surface area contributed by atoms with Gasteiger partial charge in [0, 0.05) is 6.04 Å². The normalized spacial score (nSPS) is 15.9. The van der Waals surface area contributed by atoms with Gasteiger partial charge in [-0.3, -0.25) is 4.79 Å². The number of nitrogens with one attached hydrogen (secondary N) is 1. The molecule has 4 heteroatoms. The molecule has 2 rings (SSSR count). The molecule has 1 aliphatic rings. The van der Waals surface area contributed by atoms with Crippen LogP contribution in [0.3, 0.4) is 0 Å². The van der Waals surface area contributed by atoms with Crippen LogP contribution in [0, 0.1) is 0 Å². The van der Waals surface area contributed by atoms with Gasteiger partial charge in [-0.05, 0) is 31.4 Å². The van der Waals surface area contributed by atoms with E-state index in [4.69, 9.17) is 9.47 Å². The van der Waals surface area contributed by atoms with Crippen LogP contribution in [-0.4, -0.2) is 25.2 Å². The summed E-state index contributed by atoms with van der Waals surface area (Å²) in [7, 11) is 1.59. The molecule has 1 aliphatic carbocycles. The molecule has 1 aromatic rings. The number of hydrogen-bond donors (Lipinski definition) is 1. The molecule has 0 heterocycles. The molecule has 1 amide bonds. The molecule has 0 aliphatic heterocycles. The van der Waals surface area contributed by atoms with E-state index >= 15 is 0 Å². The van der Waals surface area contributed by atoms with Crippen LogP contribution >= 0.6 is 0 Å². The van der Waals surface area contributed by atoms with Gasteiger partial charge in [-0.1, -0.05) is 19.1 Å². The SMILES string of the molecule is CC[C@H](Oc1ccccc1OC)C(=O)NC1CC1. The highest BCUT2D eigenvalue weighted by molar-refractivity contribution is 5.81. The fourth-order valence-electron chi connectivity index (χ4n) is 1.71. The van der Waals surface area contributed by atoms with E-state index in [1.54, 1.807) is 7.11 Å². The average Bonchev–Trinajstić information content (AvgIpc) is 3.20. The Morgan fingerprint density at radius 2 is 2.06 bits per heavy atom. The molecule has 1 aromatic carbocycles. The number of rotatable bonds is 6. The van der Waals surface area contributed by atoms with Crippen molar-refractivity contribution >= 4 is 5.91 Å². The summed E-state index contributed by atoms with van der Waals surface area (Å²) in [5.74, 6) is 1.22. The van der Waals surface area contributed by atoms with Gasteiger partial charge in [-0.25, -0.2) is 0 Å². The molecule has 18 heavy (non-hydrogen) atoms. The number of amides is 1. The van der Waals surface area contributed by atoms with Gasteiger partial charge >= 0.3 is 0 Å². The summed E-state index contributed by atoms with van der Waals surface area (Å²) in [5, 5.41) is 2.96. The molecule has 0 aromatic heterocycles. The molecule has 1 fully saturated rings. The van der Waals surface area contributed by atoms with Crippen LogP contribution in [0.15, 0.2) is 24.3 Å². The number of ether oxygens (including phenoxy) is 2. The number of para-hydroxylation sites is 2. The first-order valence-electron chi connectivity index (χ1n) is 6.34. The summed E-state index contributed by atoms with van der Waals surface area (Å²) in [6.45, 7) is 1.94. The molecule has 0 bridgehead atoms. The second-order valence-electron chi connectivity index (χ2n) is 4.45. The highest BCUT2D eigenvalue weighted by atomic mass is 16.5. The Balaban J connectivity index is 2.01. The smallest absolute Gasteiger partial charge is 0.261 e. The highest BCUT2D eigenvalue weighted by Crippen LogP contribution is 2.27. The van der Waals surface area contributed by atoms with E-state index in [1.807, 2.05) is 31.2 Å². The van der Waals surface area contributed by atoms with Crippen molar-refractivity contribution in [1.29, 1.82) is 0 Å². The molecule has 1 saturated carbocycles. The summed E-state index contributed by atoms with van der Waals surface area (Å²) in [6, 6.07) is 7.72. The number of hydrogen-bond acceptors (Lipinski definition) is 3. The van der Waals surface area contributed by atoms with Crippen molar-refractivity contribution in [2.75, 3.05) is 7.11 Å². The standard InChI is InChI=1S/C14H19NO3/c1-3-11(14(16)15-10-8-9-10)18-13-7-5-4-6-12(13)17-2/h4-7,10-11H,3,8-9H2,1-2H3,(H,15,16)/t11-/m0/s1. The number of carbonyl (C=O) groups excluding carboxylic acids is 1. The van der Waals surface area contributed by atoms with E-state index in [1.165, 1.54) is 0 Å². The van der Waals surface area contributed by atoms with Crippen molar-refractivity contribution in [1.82, 2.24) is 5.32 Å². The van der Waals surface area contributed by atoms with Crippen LogP contribution in [-0.2, 0) is 4.79 Å². The lowest BCUT2D eigenvalue weighted by Crippen LogP contribution is -2.39. The van der Waals surface area contributed by atoms with E-state index in [0.29, 0.717) is 24.0 Å². The largest absolute Gasteiger partial charge is 0.493 e. The first-order valence-corrected chi connectivity index (χ1v) is 6.34. The molecule has 0 radical (unpaired) electrons. The molecular formula is C14H19NO3. The van der Waals surface area contributed by atoms with Gasteiger partial charge in [-0.15, -0.1) is 0 Å². The summed E-state index contributed by atoms with van der Waals surface area (Å²) in [5.41, 5.74) is 0. The third kappa shape index (κ3) is 3.15. The number of methoxy groups -OCH3 is 1. The zero-order valence-corrected chi connectivity index (χ0v) is 10.8. The minimum atomic E-state index is -0.457. The maximum atomic E-state index is 12.0. The minimum absolute atomic E-state index is 0.0362. The summed E-state index contributed by atoms with van der Waals surface area (Å²) in [4.78, 5) is 12.0. The predicted molar refractivity (Wildman–Crippen MR) is 68.9 cm³/mol. The average molecular weight is 249 g/mol. The van der Waals surface area contributed by atoms with Gasteiger partial charge < -0.3 is 14.8 Å². The second-order valence-corrected chi connectivity index (χ2v) is 4.45. The maximum Gasteiger partial charge on any atom is 0.261 e. The Morgan fingerprint density at radius 1 is 1.39 bits per heavy atom. The van der Waals surface area contributed by atoms with Crippen molar-refractivity contribution in [3.63, 3.8) is 0 Å². The van der Waals surface area contributed by atoms with E-state index < -0.39 is 6.10 Å². The van der Waals surface area contributed by atoms with Crippen LogP contribution in [0.2, 0.25) is 0 Å². The third-order valence-corrected chi connectivity index (χ3v) is 2.93. The zero-order chi connectivity index (χ0) is 13.0. The molecule has 1 N–H and O–H groups in total. The lowest BCUT2D eigenvalue weighted by atomic mass is 10.2. The molecule has 98 valence electrons. The molecule has 0 spiro atoms. The first kappa shape index (κ1) is 12.7. The van der Waals surface area contributed by atoms with Crippen molar-refractivity contribution in [3.8, 4) is 11.5 Å². The lowest BCUT2D eigenvalue weighted by molar-refractivity contribution is -0.128. The molecule has 1 atom stereocenters. The monoisotopic (exact) mass is 249 g/mol. The van der Waals surface area contributed by atoms with Crippen LogP contribution in [0.4, 0.5) is 0 Å². The fraction of sp³-hybridized carbons (Fsp3) is 0.500. The molecule has 0 unspecified atom stereocenters. The van der Waals surface area contributed by atoms with E-state index in [2.05, 4.69) is 5.32 Å². The van der Waals surface area contributed by atoms with Gasteiger partial charge in [0.1, 0.15) is 0 Å². The minimum Gasteiger partial charge on any atom is -0.493 e. The van der Waals surface area contributed by atoms with Gasteiger partial charge in [0.15, 0.2) is 17.6 Å². The van der Waals surface area contributed by atoms with Crippen molar-refractivity contribution < 1.29 is 14.3 Å². The highest BCUT2D eigenvalue weighted by Gasteiger charge is 2.28. The zero-order valence-electron chi connectivity index (χ0n) is 10.8. The summed E-state index contributed by atoms with van der Waals surface area (Å²) < 4.78 is 10.9. The van der Waals surface area contributed by atoms with Gasteiger partial charge in [0.25, 0.3) is 5.91 Å². The van der Waals surface area contributed by atoms with Gasteiger partial charge in [0.2, 0.25) is 0 Å². The maximum absolute atomic E-state index is 12.0. The van der Waals surface area contributed by atoms with Crippen molar-refractivity contribution in [3.05, 3.63) is 24.3 Å². The Labute approximate surface area is 107 Å². The first-order chi connectivity index (χ1) is 8.74. The van der Waals surface area contributed by atoms with Crippen LogP contribution < -0.4 is 14.8 Å². The third-order valence-electron chi connectivity index (χ3n) is 2.93. The lowest BCUT2D eigenvalue weighted by Gasteiger charge is -2.18. The summed E-state index contributed by atoms with van der Waals surface area (Å²) in [6.07, 6.45) is 2.34. The molecular weight excluding hydrogens is 230 g/mol. The molecule has 0 saturated heterocycles. The van der Waals surface area contributed by atoms with Crippen LogP contribution in [0.1, 0.15) is 26.2 Å².